The first-order chi connectivity index (χ1) is 8.36. The average molecular weight is 251 g/mol. The van der Waals surface area contributed by atoms with E-state index in [4.69, 9.17) is 11.6 Å². The number of benzene rings is 1. The summed E-state index contributed by atoms with van der Waals surface area (Å²) in [6.07, 6.45) is 5.09. The monoisotopic (exact) mass is 250 g/mol. The lowest BCUT2D eigenvalue weighted by atomic mass is 10.0. The van der Waals surface area contributed by atoms with E-state index in [0.717, 1.165) is 11.6 Å². The number of nitrogens with zero attached hydrogens (tertiary/aromatic N) is 1. The summed E-state index contributed by atoms with van der Waals surface area (Å²) < 4.78 is 0. The van der Waals surface area contributed by atoms with E-state index in [1.165, 1.54) is 50.0 Å². The standard InChI is InChI=1S/C14H19ClN2/c15-11-5-3-7-13(17-9-1-2-10-17)14(11)12-6-4-8-16-12/h3,5,7,12,16H,1-2,4,6,8-10H2. The van der Waals surface area contributed by atoms with Gasteiger partial charge in [-0.3, -0.25) is 0 Å². The molecule has 17 heavy (non-hydrogen) atoms. The Morgan fingerprint density at radius 1 is 1.18 bits per heavy atom. The summed E-state index contributed by atoms with van der Waals surface area (Å²) in [6.45, 7) is 3.48. The molecule has 0 amide bonds. The molecule has 0 radical (unpaired) electrons. The molecule has 1 aromatic carbocycles. The number of anilines is 1. The predicted octanol–water partition coefficient (Wildman–Crippen LogP) is 3.36. The first kappa shape index (κ1) is 11.4. The molecular weight excluding hydrogens is 232 g/mol. The fraction of sp³-hybridized carbons (Fsp3) is 0.571. The molecule has 2 aliphatic rings. The van der Waals surface area contributed by atoms with Gasteiger partial charge in [0, 0.05) is 35.4 Å². The minimum Gasteiger partial charge on any atom is -0.371 e. The van der Waals surface area contributed by atoms with Crippen LogP contribution >= 0.6 is 11.6 Å². The van der Waals surface area contributed by atoms with Gasteiger partial charge in [-0.15, -0.1) is 0 Å². The summed E-state index contributed by atoms with van der Waals surface area (Å²) in [4.78, 5) is 2.49. The second-order valence-electron chi connectivity index (χ2n) is 5.02. The summed E-state index contributed by atoms with van der Waals surface area (Å²) in [5.41, 5.74) is 2.68. The van der Waals surface area contributed by atoms with Crippen LogP contribution in [0.3, 0.4) is 0 Å². The summed E-state index contributed by atoms with van der Waals surface area (Å²) in [6, 6.07) is 6.79. The molecule has 1 atom stereocenters. The van der Waals surface area contributed by atoms with Crippen LogP contribution in [-0.4, -0.2) is 19.6 Å². The van der Waals surface area contributed by atoms with Gasteiger partial charge < -0.3 is 10.2 Å². The van der Waals surface area contributed by atoms with Crippen molar-refractivity contribution in [3.05, 3.63) is 28.8 Å². The quantitative estimate of drug-likeness (QED) is 0.866. The molecule has 0 bridgehead atoms. The van der Waals surface area contributed by atoms with E-state index in [0.29, 0.717) is 6.04 Å². The Hall–Kier alpha value is -0.730. The van der Waals surface area contributed by atoms with Gasteiger partial charge in [-0.2, -0.15) is 0 Å². The third kappa shape index (κ3) is 2.16. The summed E-state index contributed by atoms with van der Waals surface area (Å²) in [5.74, 6) is 0. The maximum absolute atomic E-state index is 6.42. The van der Waals surface area contributed by atoms with Crippen LogP contribution in [0.25, 0.3) is 0 Å². The second-order valence-corrected chi connectivity index (χ2v) is 5.42. The van der Waals surface area contributed by atoms with Crippen LogP contribution in [-0.2, 0) is 0 Å². The molecule has 0 saturated carbocycles. The van der Waals surface area contributed by atoms with Crippen molar-refractivity contribution in [3.8, 4) is 0 Å². The van der Waals surface area contributed by atoms with Gasteiger partial charge in [0.25, 0.3) is 0 Å². The highest BCUT2D eigenvalue weighted by Gasteiger charge is 2.25. The maximum atomic E-state index is 6.42. The van der Waals surface area contributed by atoms with Crippen LogP contribution < -0.4 is 10.2 Å². The van der Waals surface area contributed by atoms with Gasteiger partial charge >= 0.3 is 0 Å². The van der Waals surface area contributed by atoms with Gasteiger partial charge in [-0.05, 0) is 44.4 Å². The topological polar surface area (TPSA) is 15.3 Å². The molecule has 2 heterocycles. The Morgan fingerprint density at radius 3 is 2.71 bits per heavy atom. The average Bonchev–Trinajstić information content (AvgIpc) is 3.02. The fourth-order valence-electron chi connectivity index (χ4n) is 3.04. The van der Waals surface area contributed by atoms with Crippen LogP contribution in [0.2, 0.25) is 5.02 Å². The summed E-state index contributed by atoms with van der Waals surface area (Å²) in [5, 5.41) is 4.49. The van der Waals surface area contributed by atoms with Crippen molar-refractivity contribution in [2.45, 2.75) is 31.7 Å². The van der Waals surface area contributed by atoms with E-state index < -0.39 is 0 Å². The third-order valence-corrected chi connectivity index (χ3v) is 4.22. The van der Waals surface area contributed by atoms with Crippen molar-refractivity contribution < 1.29 is 0 Å². The van der Waals surface area contributed by atoms with Gasteiger partial charge in [-0.1, -0.05) is 17.7 Å². The minimum atomic E-state index is 0.458. The maximum Gasteiger partial charge on any atom is 0.0474 e. The van der Waals surface area contributed by atoms with Gasteiger partial charge in [0.2, 0.25) is 0 Å². The lowest BCUT2D eigenvalue weighted by Crippen LogP contribution is -2.22. The number of nitrogens with one attached hydrogen (secondary N) is 1. The fourth-order valence-corrected chi connectivity index (χ4v) is 3.34. The van der Waals surface area contributed by atoms with Gasteiger partial charge in [0.05, 0.1) is 0 Å². The van der Waals surface area contributed by atoms with E-state index in [9.17, 15) is 0 Å². The highest BCUT2D eigenvalue weighted by Crippen LogP contribution is 2.37. The minimum absolute atomic E-state index is 0.458. The highest BCUT2D eigenvalue weighted by molar-refractivity contribution is 6.31. The predicted molar refractivity (Wildman–Crippen MR) is 72.9 cm³/mol. The van der Waals surface area contributed by atoms with Crippen LogP contribution in [0, 0.1) is 0 Å². The van der Waals surface area contributed by atoms with E-state index in [1.807, 2.05) is 6.07 Å². The molecule has 0 spiro atoms. The van der Waals surface area contributed by atoms with Crippen molar-refractivity contribution in [2.24, 2.45) is 0 Å². The Morgan fingerprint density at radius 2 is 2.00 bits per heavy atom. The van der Waals surface area contributed by atoms with Crippen molar-refractivity contribution in [3.63, 3.8) is 0 Å². The molecule has 3 rings (SSSR count). The van der Waals surface area contributed by atoms with Crippen molar-refractivity contribution >= 4 is 17.3 Å². The number of rotatable bonds is 2. The second kappa shape index (κ2) is 4.87. The Kier molecular flexibility index (Phi) is 3.26. The molecule has 2 saturated heterocycles. The molecule has 1 N–H and O–H groups in total. The van der Waals surface area contributed by atoms with Crippen LogP contribution in [0.5, 0.6) is 0 Å². The first-order valence-corrected chi connectivity index (χ1v) is 7.01. The molecule has 0 aromatic heterocycles. The van der Waals surface area contributed by atoms with Crippen LogP contribution in [0.15, 0.2) is 18.2 Å². The molecule has 92 valence electrons. The zero-order valence-corrected chi connectivity index (χ0v) is 10.8. The third-order valence-electron chi connectivity index (χ3n) is 3.89. The zero-order valence-electron chi connectivity index (χ0n) is 10.1. The van der Waals surface area contributed by atoms with Crippen LogP contribution in [0.4, 0.5) is 5.69 Å². The van der Waals surface area contributed by atoms with E-state index in [2.05, 4.69) is 22.3 Å². The molecule has 2 nitrogen and oxygen atoms in total. The molecule has 3 heteroatoms. The molecular formula is C14H19ClN2. The largest absolute Gasteiger partial charge is 0.371 e. The molecule has 1 unspecified atom stereocenters. The lowest BCUT2D eigenvalue weighted by molar-refractivity contribution is 0.646. The first-order valence-electron chi connectivity index (χ1n) is 6.63. The van der Waals surface area contributed by atoms with E-state index >= 15 is 0 Å². The Bertz CT molecular complexity index is 393. The summed E-state index contributed by atoms with van der Waals surface area (Å²) >= 11 is 6.42. The number of hydrogen-bond acceptors (Lipinski definition) is 2. The SMILES string of the molecule is Clc1cccc(N2CCCC2)c1C1CCCN1. The normalized spacial score (nSPS) is 24.5. The van der Waals surface area contributed by atoms with Crippen molar-refractivity contribution in [1.82, 2.24) is 5.32 Å². The van der Waals surface area contributed by atoms with Gasteiger partial charge in [-0.25, -0.2) is 0 Å². The van der Waals surface area contributed by atoms with Crippen molar-refractivity contribution in [2.75, 3.05) is 24.5 Å². The number of halogens is 1. The molecule has 1 aromatic rings. The van der Waals surface area contributed by atoms with Crippen molar-refractivity contribution in [1.29, 1.82) is 0 Å². The van der Waals surface area contributed by atoms with Gasteiger partial charge in [0.15, 0.2) is 0 Å². The Labute approximate surface area is 108 Å². The molecule has 2 fully saturated rings. The van der Waals surface area contributed by atoms with Crippen LogP contribution in [0.1, 0.15) is 37.3 Å². The smallest absolute Gasteiger partial charge is 0.0474 e. The lowest BCUT2D eigenvalue weighted by Gasteiger charge is -2.25. The summed E-state index contributed by atoms with van der Waals surface area (Å²) in [7, 11) is 0. The molecule has 0 aliphatic carbocycles. The van der Waals surface area contributed by atoms with E-state index in [1.54, 1.807) is 0 Å². The van der Waals surface area contributed by atoms with E-state index in [-0.39, 0.29) is 0 Å². The highest BCUT2D eigenvalue weighted by atomic mass is 35.5. The molecule has 2 aliphatic heterocycles. The Balaban J connectivity index is 1.98. The van der Waals surface area contributed by atoms with Gasteiger partial charge in [0.1, 0.15) is 0 Å². The number of hydrogen-bond donors (Lipinski definition) is 1. The zero-order chi connectivity index (χ0) is 11.7.